The minimum absolute atomic E-state index is 0.149. The Balaban J connectivity index is 1.68. The number of fused-ring (bicyclic) bond motifs is 1. The first-order valence-corrected chi connectivity index (χ1v) is 10.5. The van der Waals surface area contributed by atoms with Crippen molar-refractivity contribution in [3.05, 3.63) is 40.8 Å². The molecule has 12 heteroatoms. The van der Waals surface area contributed by atoms with Crippen LogP contribution in [0.15, 0.2) is 18.2 Å². The number of halogens is 4. The summed E-state index contributed by atoms with van der Waals surface area (Å²) in [5.74, 6) is -0.791. The van der Waals surface area contributed by atoms with Gasteiger partial charge in [-0.15, -0.1) is 0 Å². The van der Waals surface area contributed by atoms with Crippen molar-refractivity contribution in [1.29, 1.82) is 0 Å². The molecule has 2 aliphatic heterocycles. The van der Waals surface area contributed by atoms with Crippen LogP contribution in [-0.2, 0) is 28.6 Å². The highest BCUT2D eigenvalue weighted by atomic mass is 19.4. The number of hydrogen-bond acceptors (Lipinski definition) is 6. The summed E-state index contributed by atoms with van der Waals surface area (Å²) in [6, 6.07) is 2.42. The van der Waals surface area contributed by atoms with Crippen molar-refractivity contribution in [2.24, 2.45) is 0 Å². The first kappa shape index (κ1) is 23.3. The van der Waals surface area contributed by atoms with E-state index < -0.39 is 35.6 Å². The number of rotatable bonds is 3. The summed E-state index contributed by atoms with van der Waals surface area (Å²) in [6.45, 7) is 6.77. The predicted molar refractivity (Wildman–Crippen MR) is 110 cm³/mol. The molecule has 0 aliphatic carbocycles. The smallest absolute Gasteiger partial charge is 0.418 e. The van der Waals surface area contributed by atoms with E-state index >= 15 is 0 Å². The summed E-state index contributed by atoms with van der Waals surface area (Å²) in [7, 11) is 0. The van der Waals surface area contributed by atoms with Gasteiger partial charge in [0.1, 0.15) is 11.4 Å². The lowest BCUT2D eigenvalue weighted by molar-refractivity contribution is -0.137. The average Bonchev–Trinajstić information content (AvgIpc) is 3.35. The lowest BCUT2D eigenvalue weighted by atomic mass is 10.1. The van der Waals surface area contributed by atoms with E-state index in [1.807, 2.05) is 0 Å². The first-order chi connectivity index (χ1) is 15.4. The number of benzene rings is 1. The largest absolute Gasteiger partial charge is 0.444 e. The summed E-state index contributed by atoms with van der Waals surface area (Å²) in [5, 5.41) is 10.3. The molecular formula is C21H25F4N5O3. The molecule has 1 saturated heterocycles. The van der Waals surface area contributed by atoms with Gasteiger partial charge in [0.2, 0.25) is 6.35 Å². The van der Waals surface area contributed by atoms with Crippen LogP contribution >= 0.6 is 0 Å². The topological polar surface area (TPSA) is 80.7 Å². The summed E-state index contributed by atoms with van der Waals surface area (Å²) in [6.07, 6.45) is -5.53. The second-order valence-corrected chi connectivity index (χ2v) is 8.86. The van der Waals surface area contributed by atoms with Gasteiger partial charge in [0, 0.05) is 18.7 Å². The van der Waals surface area contributed by atoms with Crippen molar-refractivity contribution < 1.29 is 31.8 Å². The Morgan fingerprint density at radius 2 is 2.06 bits per heavy atom. The number of anilines is 2. The number of nitrogens with zero attached hydrogens (tertiary/aromatic N) is 3. The Kier molecular flexibility index (Phi) is 5.99. The van der Waals surface area contributed by atoms with Crippen LogP contribution in [0.4, 0.5) is 33.9 Å². The predicted octanol–water partition coefficient (Wildman–Crippen LogP) is 4.15. The van der Waals surface area contributed by atoms with Crippen molar-refractivity contribution in [3.8, 4) is 0 Å². The van der Waals surface area contributed by atoms with E-state index in [1.165, 1.54) is 9.58 Å². The van der Waals surface area contributed by atoms with Crippen LogP contribution in [0.3, 0.4) is 0 Å². The first-order valence-electron chi connectivity index (χ1n) is 10.5. The standard InChI is InChI=1S/C21H25F4N5O3/c1-20(2,3)33-19(31)29-8-6-13-16(11-29)30(18-26-7-9-32-18)28-17(13)27-15-5-4-12(22)10-14(15)21(23,24)25/h4-5,10,18,26H,6-9,11H2,1-3H3,(H,27,28). The van der Waals surface area contributed by atoms with E-state index in [9.17, 15) is 22.4 Å². The molecule has 33 heavy (non-hydrogen) atoms. The maximum atomic E-state index is 13.5. The highest BCUT2D eigenvalue weighted by molar-refractivity contribution is 5.70. The number of aromatic nitrogens is 2. The zero-order valence-corrected chi connectivity index (χ0v) is 18.4. The molecule has 1 atom stereocenters. The maximum absolute atomic E-state index is 13.5. The number of alkyl halides is 3. The van der Waals surface area contributed by atoms with Gasteiger partial charge in [0.15, 0.2) is 5.82 Å². The van der Waals surface area contributed by atoms with Crippen LogP contribution in [0.5, 0.6) is 0 Å². The van der Waals surface area contributed by atoms with Gasteiger partial charge in [-0.05, 0) is 45.4 Å². The molecule has 1 aromatic carbocycles. The molecule has 8 nitrogen and oxygen atoms in total. The van der Waals surface area contributed by atoms with E-state index in [0.717, 1.165) is 12.1 Å². The van der Waals surface area contributed by atoms with Crippen LogP contribution in [0.25, 0.3) is 0 Å². The number of carbonyl (C=O) groups excluding carboxylic acids is 1. The van der Waals surface area contributed by atoms with Gasteiger partial charge < -0.3 is 19.7 Å². The maximum Gasteiger partial charge on any atom is 0.418 e. The van der Waals surface area contributed by atoms with Crippen LogP contribution in [0.1, 0.15) is 43.9 Å². The molecule has 4 rings (SSSR count). The summed E-state index contributed by atoms with van der Waals surface area (Å²) >= 11 is 0. The molecule has 0 radical (unpaired) electrons. The monoisotopic (exact) mass is 471 g/mol. The molecule has 180 valence electrons. The number of carbonyl (C=O) groups is 1. The molecule has 1 unspecified atom stereocenters. The van der Waals surface area contributed by atoms with E-state index in [-0.39, 0.29) is 18.1 Å². The van der Waals surface area contributed by atoms with Crippen molar-refractivity contribution >= 4 is 17.6 Å². The lowest BCUT2D eigenvalue weighted by Gasteiger charge is -2.31. The van der Waals surface area contributed by atoms with Gasteiger partial charge in [-0.3, -0.25) is 5.32 Å². The Labute approximate surface area is 187 Å². The molecule has 1 fully saturated rings. The quantitative estimate of drug-likeness (QED) is 0.655. The normalized spacial score (nSPS) is 18.9. The molecule has 0 bridgehead atoms. The molecule has 2 aromatic rings. The van der Waals surface area contributed by atoms with Gasteiger partial charge in [-0.1, -0.05) is 0 Å². The summed E-state index contributed by atoms with van der Waals surface area (Å²) in [5.41, 5.74) is -0.843. The fourth-order valence-corrected chi connectivity index (χ4v) is 3.77. The minimum atomic E-state index is -4.75. The van der Waals surface area contributed by atoms with Crippen LogP contribution < -0.4 is 10.6 Å². The third kappa shape index (κ3) is 5.06. The van der Waals surface area contributed by atoms with Gasteiger partial charge in [0.05, 0.1) is 30.1 Å². The molecule has 2 aliphatic rings. The number of amides is 1. The van der Waals surface area contributed by atoms with Gasteiger partial charge >= 0.3 is 12.3 Å². The Morgan fingerprint density at radius 1 is 1.30 bits per heavy atom. The summed E-state index contributed by atoms with van der Waals surface area (Å²) in [4.78, 5) is 14.1. The van der Waals surface area contributed by atoms with Crippen molar-refractivity contribution in [2.75, 3.05) is 25.0 Å². The highest BCUT2D eigenvalue weighted by Gasteiger charge is 2.36. The zero-order chi connectivity index (χ0) is 24.0. The molecule has 0 spiro atoms. The van der Waals surface area contributed by atoms with E-state index in [0.29, 0.717) is 43.4 Å². The number of nitrogens with one attached hydrogen (secondary N) is 2. The third-order valence-electron chi connectivity index (χ3n) is 5.20. The highest BCUT2D eigenvalue weighted by Crippen LogP contribution is 2.38. The van der Waals surface area contributed by atoms with Gasteiger partial charge in [0.25, 0.3) is 0 Å². The fraction of sp³-hybridized carbons (Fsp3) is 0.524. The van der Waals surface area contributed by atoms with Gasteiger partial charge in [-0.25, -0.2) is 13.9 Å². The van der Waals surface area contributed by atoms with E-state index in [2.05, 4.69) is 15.7 Å². The molecule has 3 heterocycles. The van der Waals surface area contributed by atoms with Crippen LogP contribution in [-0.4, -0.2) is 46.1 Å². The molecule has 1 amide bonds. The Morgan fingerprint density at radius 3 is 2.70 bits per heavy atom. The SMILES string of the molecule is CC(C)(C)OC(=O)N1CCc2c(Nc3ccc(F)cc3C(F)(F)F)nn(C3NCCO3)c2C1. The molecular weight excluding hydrogens is 446 g/mol. The van der Waals surface area contributed by atoms with Crippen molar-refractivity contribution in [3.63, 3.8) is 0 Å². The Hall–Kier alpha value is -2.86. The minimum Gasteiger partial charge on any atom is -0.444 e. The van der Waals surface area contributed by atoms with Crippen LogP contribution in [0.2, 0.25) is 0 Å². The fourth-order valence-electron chi connectivity index (χ4n) is 3.77. The second kappa shape index (κ2) is 8.49. The van der Waals surface area contributed by atoms with Gasteiger partial charge in [-0.2, -0.15) is 18.3 Å². The second-order valence-electron chi connectivity index (χ2n) is 8.86. The molecule has 0 saturated carbocycles. The molecule has 2 N–H and O–H groups in total. The van der Waals surface area contributed by atoms with Crippen molar-refractivity contribution in [1.82, 2.24) is 20.0 Å². The third-order valence-corrected chi connectivity index (χ3v) is 5.20. The Bertz CT molecular complexity index is 1040. The van der Waals surface area contributed by atoms with E-state index in [1.54, 1.807) is 20.8 Å². The summed E-state index contributed by atoms with van der Waals surface area (Å²) < 4.78 is 66.6. The zero-order valence-electron chi connectivity index (χ0n) is 18.4. The average molecular weight is 471 g/mol. The van der Waals surface area contributed by atoms with Crippen LogP contribution in [0, 0.1) is 5.82 Å². The lowest BCUT2D eigenvalue weighted by Crippen LogP contribution is -2.41. The van der Waals surface area contributed by atoms with Crippen molar-refractivity contribution in [2.45, 2.75) is 51.9 Å². The number of hydrogen-bond donors (Lipinski definition) is 2. The number of ether oxygens (including phenoxy) is 2. The molecule has 1 aromatic heterocycles. The van der Waals surface area contributed by atoms with E-state index in [4.69, 9.17) is 9.47 Å².